The molecule has 2 aliphatic heterocycles. The summed E-state index contributed by atoms with van der Waals surface area (Å²) in [6.07, 6.45) is 3.26. The molecule has 0 saturated carbocycles. The van der Waals surface area contributed by atoms with Crippen LogP contribution in [0.5, 0.6) is 5.75 Å². The number of likely N-dealkylation sites (tertiary alicyclic amines) is 1. The lowest BCUT2D eigenvalue weighted by molar-refractivity contribution is -0.135. The smallest absolute Gasteiger partial charge is 0.254 e. The molecule has 0 aliphatic carbocycles. The first-order valence-corrected chi connectivity index (χ1v) is 9.90. The second-order valence-electron chi connectivity index (χ2n) is 7.58. The van der Waals surface area contributed by atoms with Crippen LogP contribution in [-0.4, -0.2) is 48.9 Å². The average Bonchev–Trinajstić information content (AvgIpc) is 2.76. The van der Waals surface area contributed by atoms with Crippen molar-refractivity contribution in [2.45, 2.75) is 31.2 Å². The lowest BCUT2D eigenvalue weighted by atomic mass is 9.79. The van der Waals surface area contributed by atoms with Crippen molar-refractivity contribution in [2.75, 3.05) is 27.2 Å². The molecule has 5 nitrogen and oxygen atoms in total. The Labute approximate surface area is 165 Å². The van der Waals surface area contributed by atoms with Gasteiger partial charge in [-0.2, -0.15) is 0 Å². The zero-order valence-electron chi connectivity index (χ0n) is 16.4. The molecule has 2 aliphatic rings. The topological polar surface area (TPSA) is 49.9 Å². The Hall–Kier alpha value is -2.82. The third-order valence-electron chi connectivity index (χ3n) is 5.97. The number of rotatable bonds is 3. The summed E-state index contributed by atoms with van der Waals surface area (Å²) in [5.41, 5.74) is 2.41. The molecule has 0 bridgehead atoms. The molecule has 1 saturated heterocycles. The maximum atomic E-state index is 13.6. The summed E-state index contributed by atoms with van der Waals surface area (Å²) in [4.78, 5) is 30.4. The van der Waals surface area contributed by atoms with Gasteiger partial charge in [-0.15, -0.1) is 0 Å². The van der Waals surface area contributed by atoms with Crippen LogP contribution in [0, 0.1) is 0 Å². The summed E-state index contributed by atoms with van der Waals surface area (Å²) in [6, 6.07) is 14.9. The Morgan fingerprint density at radius 1 is 1.00 bits per heavy atom. The molecular weight excluding hydrogens is 352 g/mol. The highest BCUT2D eigenvalue weighted by atomic mass is 16.5. The van der Waals surface area contributed by atoms with Crippen molar-refractivity contribution in [1.29, 1.82) is 0 Å². The van der Waals surface area contributed by atoms with E-state index in [1.807, 2.05) is 53.4 Å². The number of piperidine rings is 1. The van der Waals surface area contributed by atoms with E-state index in [0.717, 1.165) is 42.8 Å². The van der Waals surface area contributed by atoms with Gasteiger partial charge in [0.15, 0.2) is 0 Å². The fourth-order valence-electron chi connectivity index (χ4n) is 4.47. The van der Waals surface area contributed by atoms with Gasteiger partial charge in [-0.05, 0) is 48.6 Å². The summed E-state index contributed by atoms with van der Waals surface area (Å²) in [5, 5.41) is 0. The van der Waals surface area contributed by atoms with Gasteiger partial charge in [0, 0.05) is 25.7 Å². The van der Waals surface area contributed by atoms with E-state index >= 15 is 0 Å². The third-order valence-corrected chi connectivity index (χ3v) is 5.97. The lowest BCUT2D eigenvalue weighted by Crippen LogP contribution is -2.48. The van der Waals surface area contributed by atoms with Crippen LogP contribution in [0.4, 0.5) is 0 Å². The van der Waals surface area contributed by atoms with E-state index in [-0.39, 0.29) is 17.9 Å². The summed E-state index contributed by atoms with van der Waals surface area (Å²) < 4.78 is 5.27. The number of amides is 2. The molecule has 2 atom stereocenters. The van der Waals surface area contributed by atoms with Crippen LogP contribution in [0.3, 0.4) is 0 Å². The molecule has 2 aromatic carbocycles. The van der Waals surface area contributed by atoms with E-state index in [1.165, 1.54) is 6.42 Å². The summed E-state index contributed by atoms with van der Waals surface area (Å²) in [7, 11) is 3.42. The van der Waals surface area contributed by atoms with Crippen molar-refractivity contribution in [1.82, 2.24) is 9.80 Å². The van der Waals surface area contributed by atoms with Gasteiger partial charge in [0.1, 0.15) is 5.75 Å². The van der Waals surface area contributed by atoms with Crippen LogP contribution < -0.4 is 4.74 Å². The van der Waals surface area contributed by atoms with Crippen LogP contribution in [0.1, 0.15) is 52.7 Å². The number of hydrogen-bond acceptors (Lipinski definition) is 3. The highest BCUT2D eigenvalue weighted by molar-refractivity contribution is 6.01. The number of methoxy groups -OCH3 is 1. The van der Waals surface area contributed by atoms with Crippen LogP contribution in [0.25, 0.3) is 0 Å². The van der Waals surface area contributed by atoms with Gasteiger partial charge >= 0.3 is 0 Å². The van der Waals surface area contributed by atoms with Crippen LogP contribution in [0.2, 0.25) is 0 Å². The molecule has 146 valence electrons. The van der Waals surface area contributed by atoms with Gasteiger partial charge in [-0.1, -0.05) is 30.3 Å². The summed E-state index contributed by atoms with van der Waals surface area (Å²) in [5.74, 6) is 0.435. The molecule has 0 unspecified atom stereocenters. The van der Waals surface area contributed by atoms with Crippen LogP contribution in [0.15, 0.2) is 48.5 Å². The number of carbonyl (C=O) groups excluding carboxylic acids is 2. The zero-order chi connectivity index (χ0) is 19.7. The predicted molar refractivity (Wildman–Crippen MR) is 107 cm³/mol. The summed E-state index contributed by atoms with van der Waals surface area (Å²) in [6.45, 7) is 1.59. The van der Waals surface area contributed by atoms with Crippen molar-refractivity contribution < 1.29 is 14.3 Å². The zero-order valence-corrected chi connectivity index (χ0v) is 16.4. The van der Waals surface area contributed by atoms with E-state index in [1.54, 1.807) is 19.1 Å². The fourth-order valence-corrected chi connectivity index (χ4v) is 4.47. The molecule has 0 spiro atoms. The Balaban J connectivity index is 1.80. The van der Waals surface area contributed by atoms with E-state index < -0.39 is 5.92 Å². The van der Waals surface area contributed by atoms with Crippen molar-refractivity contribution in [3.05, 3.63) is 65.2 Å². The fraction of sp³-hybridized carbons (Fsp3) is 0.391. The van der Waals surface area contributed by atoms with Gasteiger partial charge in [0.05, 0.1) is 19.1 Å². The first-order chi connectivity index (χ1) is 13.6. The van der Waals surface area contributed by atoms with Crippen molar-refractivity contribution in [3.63, 3.8) is 0 Å². The third kappa shape index (κ3) is 3.15. The van der Waals surface area contributed by atoms with Crippen molar-refractivity contribution in [3.8, 4) is 5.75 Å². The molecule has 2 heterocycles. The maximum Gasteiger partial charge on any atom is 0.254 e. The van der Waals surface area contributed by atoms with E-state index in [2.05, 4.69) is 0 Å². The predicted octanol–water partition coefficient (Wildman–Crippen LogP) is 3.62. The van der Waals surface area contributed by atoms with Crippen molar-refractivity contribution in [2.24, 2.45) is 0 Å². The average molecular weight is 378 g/mol. The van der Waals surface area contributed by atoms with Gasteiger partial charge < -0.3 is 14.5 Å². The number of fused-ring (bicyclic) bond motifs is 1. The molecule has 28 heavy (non-hydrogen) atoms. The second-order valence-corrected chi connectivity index (χ2v) is 7.58. The minimum absolute atomic E-state index is 0.0425. The minimum atomic E-state index is -0.398. The number of carbonyl (C=O) groups is 2. The molecule has 1 fully saturated rings. The molecule has 2 amide bonds. The molecular formula is C23H26N2O3. The van der Waals surface area contributed by atoms with Crippen LogP contribution >= 0.6 is 0 Å². The molecule has 0 N–H and O–H groups in total. The number of likely N-dealkylation sites (N-methyl/N-ethyl adjacent to an activating group) is 1. The number of ether oxygens (including phenoxy) is 1. The second kappa shape index (κ2) is 7.66. The lowest BCUT2D eigenvalue weighted by Gasteiger charge is -2.42. The minimum Gasteiger partial charge on any atom is -0.497 e. The highest BCUT2D eigenvalue weighted by Gasteiger charge is 2.44. The SMILES string of the molecule is COc1ccc([C@@H]2[C@@H](C(=O)N3CCCCC3)c3ccccc3C(=O)N2C)cc1. The Morgan fingerprint density at radius 2 is 1.68 bits per heavy atom. The standard InChI is InChI=1S/C23H26N2O3/c1-24-21(16-10-12-17(28-2)13-11-16)20(23(27)25-14-6-3-7-15-25)18-8-4-5-9-19(18)22(24)26/h4-5,8-13,20-21H,3,6-7,14-15H2,1-2H3/t20-,21+/m0/s1. The van der Waals surface area contributed by atoms with Crippen molar-refractivity contribution >= 4 is 11.8 Å². The first kappa shape index (κ1) is 18.5. The normalized spacial score (nSPS) is 22.0. The van der Waals surface area contributed by atoms with Gasteiger partial charge in [0.25, 0.3) is 5.91 Å². The Bertz CT molecular complexity index is 872. The van der Waals surface area contributed by atoms with Gasteiger partial charge in [-0.3, -0.25) is 9.59 Å². The van der Waals surface area contributed by atoms with Gasteiger partial charge in [0.2, 0.25) is 5.91 Å². The Morgan fingerprint density at radius 3 is 2.36 bits per heavy atom. The maximum absolute atomic E-state index is 13.6. The number of nitrogens with zero attached hydrogens (tertiary/aromatic N) is 2. The van der Waals surface area contributed by atoms with E-state index in [4.69, 9.17) is 4.74 Å². The molecule has 0 aromatic heterocycles. The van der Waals surface area contributed by atoms with Gasteiger partial charge in [-0.25, -0.2) is 0 Å². The van der Waals surface area contributed by atoms with E-state index in [9.17, 15) is 9.59 Å². The monoisotopic (exact) mass is 378 g/mol. The summed E-state index contributed by atoms with van der Waals surface area (Å²) >= 11 is 0. The highest BCUT2D eigenvalue weighted by Crippen LogP contribution is 2.43. The largest absolute Gasteiger partial charge is 0.497 e. The molecule has 0 radical (unpaired) electrons. The first-order valence-electron chi connectivity index (χ1n) is 9.90. The molecule has 5 heteroatoms. The molecule has 4 rings (SSSR count). The quantitative estimate of drug-likeness (QED) is 0.820. The molecule has 2 aromatic rings. The van der Waals surface area contributed by atoms with E-state index in [0.29, 0.717) is 5.56 Å². The Kier molecular flexibility index (Phi) is 5.07. The number of hydrogen-bond donors (Lipinski definition) is 0. The van der Waals surface area contributed by atoms with Crippen LogP contribution in [-0.2, 0) is 4.79 Å². The number of benzene rings is 2.